The molecule has 9 nitrogen and oxygen atoms in total. The number of benzene rings is 1. The molecule has 0 bridgehead atoms. The predicted octanol–water partition coefficient (Wildman–Crippen LogP) is 1.60. The molecule has 0 spiro atoms. The Balaban J connectivity index is 1.38. The number of nitrogens with one attached hydrogen (secondary N) is 4. The fraction of sp³-hybridized carbons (Fsp3) is 0.136. The van der Waals surface area contributed by atoms with E-state index in [1.54, 1.807) is 12.3 Å². The molecular weight excluding hydrogens is 394 g/mol. The van der Waals surface area contributed by atoms with Crippen LogP contribution < -0.4 is 25.9 Å². The zero-order valence-electron chi connectivity index (χ0n) is 16.4. The van der Waals surface area contributed by atoms with Crippen molar-refractivity contribution in [1.82, 2.24) is 15.0 Å². The number of pyridine rings is 2. The normalized spacial score (nSPS) is 13.2. The van der Waals surface area contributed by atoms with Gasteiger partial charge in [-0.25, -0.2) is 4.98 Å². The molecule has 0 atom stereocenters. The summed E-state index contributed by atoms with van der Waals surface area (Å²) in [4.78, 5) is 23.1. The molecule has 3 aromatic heterocycles. The van der Waals surface area contributed by atoms with Crippen LogP contribution in [-0.4, -0.2) is 26.9 Å². The number of rotatable bonds is 6. The summed E-state index contributed by atoms with van der Waals surface area (Å²) in [5.41, 5.74) is 1.76. The summed E-state index contributed by atoms with van der Waals surface area (Å²) in [6.07, 6.45) is 8.81. The van der Waals surface area contributed by atoms with E-state index in [9.17, 15) is 9.90 Å². The Hall–Kier alpha value is -4.27. The van der Waals surface area contributed by atoms with E-state index in [1.165, 1.54) is 6.20 Å². The van der Waals surface area contributed by atoms with Gasteiger partial charge in [-0.15, -0.1) is 0 Å². The van der Waals surface area contributed by atoms with E-state index in [0.29, 0.717) is 23.2 Å². The maximum atomic E-state index is 11.9. The Morgan fingerprint density at radius 1 is 1.19 bits per heavy atom. The van der Waals surface area contributed by atoms with Crippen LogP contribution in [0.15, 0.2) is 66.0 Å². The third-order valence-corrected chi connectivity index (χ3v) is 5.09. The van der Waals surface area contributed by atoms with E-state index >= 15 is 0 Å². The minimum Gasteiger partial charge on any atom is -0.859 e. The number of anilines is 3. The SMILES string of the molecule is N=C([O-])c1cnc(Nc2ccc(-[n+]3ccc4c(=O)[nH]ccc4c3)cc2)nc1NC1CC1. The molecule has 0 aliphatic heterocycles. The number of H-pyrrole nitrogens is 1. The van der Waals surface area contributed by atoms with Gasteiger partial charge in [0.1, 0.15) is 5.82 Å². The van der Waals surface area contributed by atoms with E-state index < -0.39 is 5.90 Å². The summed E-state index contributed by atoms with van der Waals surface area (Å²) >= 11 is 0. The highest BCUT2D eigenvalue weighted by atomic mass is 16.3. The average molecular weight is 413 g/mol. The average Bonchev–Trinajstić information content (AvgIpc) is 3.58. The monoisotopic (exact) mass is 413 g/mol. The summed E-state index contributed by atoms with van der Waals surface area (Å²) in [5.74, 6) is -0.0785. The fourth-order valence-electron chi connectivity index (χ4n) is 3.28. The lowest BCUT2D eigenvalue weighted by Gasteiger charge is -2.15. The quantitative estimate of drug-likeness (QED) is 0.216. The van der Waals surface area contributed by atoms with Crippen molar-refractivity contribution >= 4 is 34.1 Å². The van der Waals surface area contributed by atoms with Crippen molar-refractivity contribution in [3.63, 3.8) is 0 Å². The lowest BCUT2D eigenvalue weighted by atomic mass is 10.2. The summed E-state index contributed by atoms with van der Waals surface area (Å²) in [5, 5.41) is 26.7. The number of hydrogen-bond donors (Lipinski definition) is 4. The van der Waals surface area contributed by atoms with Crippen LogP contribution in [0.4, 0.5) is 17.5 Å². The zero-order chi connectivity index (χ0) is 21.4. The maximum Gasteiger partial charge on any atom is 0.256 e. The van der Waals surface area contributed by atoms with Crippen molar-refractivity contribution in [2.75, 3.05) is 10.6 Å². The van der Waals surface area contributed by atoms with Crippen molar-refractivity contribution < 1.29 is 9.67 Å². The highest BCUT2D eigenvalue weighted by Gasteiger charge is 2.23. The minimum absolute atomic E-state index is 0.113. The van der Waals surface area contributed by atoms with Gasteiger partial charge in [-0.05, 0) is 36.9 Å². The molecule has 0 amide bonds. The highest BCUT2D eigenvalue weighted by molar-refractivity contribution is 5.93. The van der Waals surface area contributed by atoms with Crippen molar-refractivity contribution in [2.24, 2.45) is 0 Å². The van der Waals surface area contributed by atoms with E-state index in [0.717, 1.165) is 29.6 Å². The van der Waals surface area contributed by atoms with Crippen LogP contribution in [0.3, 0.4) is 0 Å². The number of aromatic amines is 1. The minimum atomic E-state index is -0.812. The lowest BCUT2D eigenvalue weighted by Crippen LogP contribution is -2.29. The van der Waals surface area contributed by atoms with E-state index in [1.807, 2.05) is 47.3 Å². The second kappa shape index (κ2) is 7.52. The molecule has 0 unspecified atom stereocenters. The second-order valence-corrected chi connectivity index (χ2v) is 7.40. The number of fused-ring (bicyclic) bond motifs is 1. The topological polar surface area (TPSA) is 133 Å². The standard InChI is InChI=1S/C22H19N7O2/c23-19(30)18-11-25-22(28-20(18)26-14-1-2-14)27-15-3-5-16(6-4-15)29-10-8-17-13(12-29)7-9-24-21(17)31/h3-12,14H,1-2H2,(H4-,23,24,25,26,27,28,30,31). The summed E-state index contributed by atoms with van der Waals surface area (Å²) in [6.45, 7) is 0. The van der Waals surface area contributed by atoms with Gasteiger partial charge in [-0.3, -0.25) is 4.79 Å². The Labute approximate surface area is 177 Å². The molecule has 3 heterocycles. The van der Waals surface area contributed by atoms with Crippen LogP contribution in [0.25, 0.3) is 16.5 Å². The molecule has 1 saturated carbocycles. The van der Waals surface area contributed by atoms with E-state index in [2.05, 4.69) is 25.6 Å². The van der Waals surface area contributed by atoms with Gasteiger partial charge in [0.25, 0.3) is 5.56 Å². The Kier molecular flexibility index (Phi) is 4.55. The molecule has 1 aliphatic rings. The Bertz CT molecular complexity index is 1340. The van der Waals surface area contributed by atoms with Crippen molar-refractivity contribution in [3.8, 4) is 5.69 Å². The van der Waals surface area contributed by atoms with Gasteiger partial charge in [0.2, 0.25) is 11.6 Å². The Morgan fingerprint density at radius 3 is 2.74 bits per heavy atom. The largest absolute Gasteiger partial charge is 0.859 e. The number of nitrogens with zero attached hydrogens (tertiary/aromatic N) is 3. The first-order valence-electron chi connectivity index (χ1n) is 9.86. The smallest absolute Gasteiger partial charge is 0.256 e. The first-order chi connectivity index (χ1) is 15.1. The summed E-state index contributed by atoms with van der Waals surface area (Å²) in [6, 6.07) is 11.6. The van der Waals surface area contributed by atoms with Crippen LogP contribution in [0, 0.1) is 5.41 Å². The van der Waals surface area contributed by atoms with Crippen molar-refractivity contribution in [3.05, 3.63) is 77.1 Å². The molecule has 1 aromatic carbocycles. The van der Waals surface area contributed by atoms with Gasteiger partial charge in [0.05, 0.1) is 10.8 Å². The van der Waals surface area contributed by atoms with Crippen molar-refractivity contribution in [1.29, 1.82) is 5.41 Å². The molecule has 0 radical (unpaired) electrons. The van der Waals surface area contributed by atoms with Crippen molar-refractivity contribution in [2.45, 2.75) is 18.9 Å². The predicted molar refractivity (Wildman–Crippen MR) is 115 cm³/mol. The van der Waals surface area contributed by atoms with E-state index in [4.69, 9.17) is 5.41 Å². The van der Waals surface area contributed by atoms with Gasteiger partial charge in [0, 0.05) is 47.9 Å². The molecule has 1 fully saturated rings. The molecule has 1 aliphatic carbocycles. The molecular formula is C22H19N7O2. The van der Waals surface area contributed by atoms with Gasteiger partial charge >= 0.3 is 0 Å². The molecule has 4 N–H and O–H groups in total. The zero-order valence-corrected chi connectivity index (χ0v) is 16.4. The summed E-state index contributed by atoms with van der Waals surface area (Å²) < 4.78 is 1.94. The highest BCUT2D eigenvalue weighted by Crippen LogP contribution is 2.26. The second-order valence-electron chi connectivity index (χ2n) is 7.40. The number of aromatic nitrogens is 4. The number of hydrogen-bond acceptors (Lipinski definition) is 7. The van der Waals surface area contributed by atoms with Gasteiger partial charge in [-0.1, -0.05) is 0 Å². The molecule has 5 rings (SSSR count). The van der Waals surface area contributed by atoms with Crippen LogP contribution >= 0.6 is 0 Å². The molecule has 154 valence electrons. The van der Waals surface area contributed by atoms with Gasteiger partial charge < -0.3 is 26.1 Å². The van der Waals surface area contributed by atoms with Crippen LogP contribution in [0.2, 0.25) is 0 Å². The summed E-state index contributed by atoms with van der Waals surface area (Å²) in [7, 11) is 0. The third-order valence-electron chi connectivity index (χ3n) is 5.09. The lowest BCUT2D eigenvalue weighted by molar-refractivity contribution is -0.594. The molecule has 31 heavy (non-hydrogen) atoms. The first kappa shape index (κ1) is 18.7. The third kappa shape index (κ3) is 3.93. The van der Waals surface area contributed by atoms with Gasteiger partial charge in [-0.2, -0.15) is 9.55 Å². The van der Waals surface area contributed by atoms with E-state index in [-0.39, 0.29) is 11.1 Å². The molecule has 4 aromatic rings. The maximum absolute atomic E-state index is 11.9. The van der Waals surface area contributed by atoms with Gasteiger partial charge in [0.15, 0.2) is 12.4 Å². The molecule has 9 heteroatoms. The first-order valence-corrected chi connectivity index (χ1v) is 9.86. The van der Waals surface area contributed by atoms with Crippen LogP contribution in [0.1, 0.15) is 18.4 Å². The van der Waals surface area contributed by atoms with Crippen LogP contribution in [-0.2, 0) is 0 Å². The fourth-order valence-corrected chi connectivity index (χ4v) is 3.28. The molecule has 0 saturated heterocycles. The Morgan fingerprint density at radius 2 is 2.00 bits per heavy atom. The van der Waals surface area contributed by atoms with Crippen LogP contribution in [0.5, 0.6) is 0 Å².